The predicted molar refractivity (Wildman–Crippen MR) is 102 cm³/mol. The minimum atomic E-state index is -0.746. The molecule has 4 aliphatic rings. The molecule has 3 saturated heterocycles. The van der Waals surface area contributed by atoms with E-state index in [9.17, 15) is 9.59 Å². The number of amides is 2. The van der Waals surface area contributed by atoms with E-state index in [-0.39, 0.29) is 17.9 Å². The van der Waals surface area contributed by atoms with Gasteiger partial charge < -0.3 is 19.3 Å². The Labute approximate surface area is 169 Å². The molecule has 3 fully saturated rings. The molecule has 3 unspecified atom stereocenters. The van der Waals surface area contributed by atoms with Gasteiger partial charge in [-0.3, -0.25) is 19.4 Å². The molecule has 4 atom stereocenters. The van der Waals surface area contributed by atoms with Crippen molar-refractivity contribution in [3.63, 3.8) is 0 Å². The lowest BCUT2D eigenvalue weighted by Gasteiger charge is -2.27. The Balaban J connectivity index is 1.22. The van der Waals surface area contributed by atoms with Crippen LogP contribution in [0.25, 0.3) is 0 Å². The molecule has 4 aliphatic heterocycles. The van der Waals surface area contributed by atoms with E-state index >= 15 is 0 Å². The summed E-state index contributed by atoms with van der Waals surface area (Å²) in [6.07, 6.45) is 4.38. The zero-order chi connectivity index (χ0) is 20.0. The van der Waals surface area contributed by atoms with Gasteiger partial charge in [0, 0.05) is 25.7 Å². The summed E-state index contributed by atoms with van der Waals surface area (Å²) < 4.78 is 16.6. The van der Waals surface area contributed by atoms with Gasteiger partial charge in [-0.2, -0.15) is 0 Å². The summed E-state index contributed by atoms with van der Waals surface area (Å²) in [5.41, 5.74) is -0.746. The number of ether oxygens (including phenoxy) is 2. The van der Waals surface area contributed by atoms with Crippen molar-refractivity contribution in [1.29, 1.82) is 0 Å². The molecule has 0 radical (unpaired) electrons. The maximum Gasteiger partial charge on any atom is 0.235 e. The Morgan fingerprint density at radius 1 is 1.38 bits per heavy atom. The van der Waals surface area contributed by atoms with Crippen LogP contribution in [0.5, 0.6) is 0 Å². The lowest BCUT2D eigenvalue weighted by Crippen LogP contribution is -2.45. The lowest BCUT2D eigenvalue weighted by atomic mass is 9.77. The number of hydrogen-bond donors (Lipinski definition) is 1. The highest BCUT2D eigenvalue weighted by atomic mass is 16.5. The van der Waals surface area contributed by atoms with E-state index in [1.54, 1.807) is 17.9 Å². The molecule has 0 aliphatic carbocycles. The summed E-state index contributed by atoms with van der Waals surface area (Å²) in [5.74, 6) is -0.153. The molecule has 5 heterocycles. The SMILES string of the molecule is Cc1cc(N2CC34C=C[C@@H](O3)C(C(=O)NCCCN3CCOCC3)C4C2=O)no1. The Morgan fingerprint density at radius 2 is 2.21 bits per heavy atom. The van der Waals surface area contributed by atoms with Crippen LogP contribution in [0.3, 0.4) is 0 Å². The summed E-state index contributed by atoms with van der Waals surface area (Å²) in [4.78, 5) is 30.0. The van der Waals surface area contributed by atoms with Crippen LogP contribution < -0.4 is 10.2 Å². The minimum Gasteiger partial charge on any atom is -0.379 e. The molecule has 2 bridgehead atoms. The van der Waals surface area contributed by atoms with Crippen molar-refractivity contribution in [3.8, 4) is 0 Å². The number of rotatable bonds is 6. The highest BCUT2D eigenvalue weighted by Gasteiger charge is 2.67. The number of anilines is 1. The molecular formula is C20H26N4O5. The Bertz CT molecular complexity index is 833. The minimum absolute atomic E-state index is 0.111. The molecule has 0 saturated carbocycles. The van der Waals surface area contributed by atoms with Gasteiger partial charge in [0.2, 0.25) is 11.8 Å². The number of hydrogen-bond acceptors (Lipinski definition) is 7. The van der Waals surface area contributed by atoms with E-state index < -0.39 is 17.4 Å². The highest BCUT2D eigenvalue weighted by molar-refractivity contribution is 6.02. The highest BCUT2D eigenvalue weighted by Crippen LogP contribution is 2.52. The molecule has 1 N–H and O–H groups in total. The van der Waals surface area contributed by atoms with Crippen LogP contribution >= 0.6 is 0 Å². The number of nitrogens with zero attached hydrogens (tertiary/aromatic N) is 3. The van der Waals surface area contributed by atoms with Crippen molar-refractivity contribution >= 4 is 17.6 Å². The summed E-state index contributed by atoms with van der Waals surface area (Å²) >= 11 is 0. The van der Waals surface area contributed by atoms with E-state index in [1.807, 2.05) is 12.2 Å². The van der Waals surface area contributed by atoms with Crippen molar-refractivity contribution in [1.82, 2.24) is 15.4 Å². The maximum atomic E-state index is 13.2. The van der Waals surface area contributed by atoms with E-state index in [1.165, 1.54) is 0 Å². The van der Waals surface area contributed by atoms with Crippen molar-refractivity contribution in [2.24, 2.45) is 11.8 Å². The first kappa shape index (κ1) is 18.8. The summed E-state index contributed by atoms with van der Waals surface area (Å²) in [6.45, 7) is 7.08. The quantitative estimate of drug-likeness (QED) is 0.533. The van der Waals surface area contributed by atoms with Gasteiger partial charge in [-0.25, -0.2) is 0 Å². The van der Waals surface area contributed by atoms with Gasteiger partial charge >= 0.3 is 0 Å². The van der Waals surface area contributed by atoms with Gasteiger partial charge in [0.05, 0.1) is 37.7 Å². The van der Waals surface area contributed by atoms with Crippen LogP contribution in [0.15, 0.2) is 22.7 Å². The first-order valence-corrected chi connectivity index (χ1v) is 10.3. The second-order valence-corrected chi connectivity index (χ2v) is 8.22. The molecular weight excluding hydrogens is 376 g/mol. The monoisotopic (exact) mass is 402 g/mol. The topological polar surface area (TPSA) is 97.1 Å². The van der Waals surface area contributed by atoms with Crippen LogP contribution in [0.2, 0.25) is 0 Å². The smallest absolute Gasteiger partial charge is 0.235 e. The normalized spacial score (nSPS) is 33.5. The first-order valence-electron chi connectivity index (χ1n) is 10.3. The Kier molecular flexibility index (Phi) is 4.68. The Hall–Kier alpha value is -2.23. The molecule has 156 valence electrons. The van der Waals surface area contributed by atoms with Gasteiger partial charge in [-0.15, -0.1) is 0 Å². The number of aromatic nitrogens is 1. The largest absolute Gasteiger partial charge is 0.379 e. The van der Waals surface area contributed by atoms with Gasteiger partial charge in [-0.05, 0) is 19.9 Å². The summed E-state index contributed by atoms with van der Waals surface area (Å²) in [5, 5.41) is 6.99. The van der Waals surface area contributed by atoms with E-state index in [0.29, 0.717) is 24.7 Å². The third-order valence-electron chi connectivity index (χ3n) is 6.35. The van der Waals surface area contributed by atoms with E-state index in [2.05, 4.69) is 15.4 Å². The van der Waals surface area contributed by atoms with E-state index in [4.69, 9.17) is 14.0 Å². The van der Waals surface area contributed by atoms with Crippen LogP contribution in [0.4, 0.5) is 5.82 Å². The zero-order valence-corrected chi connectivity index (χ0v) is 16.5. The number of morpholine rings is 1. The number of carbonyl (C=O) groups is 2. The molecule has 2 amide bonds. The third kappa shape index (κ3) is 3.17. The fourth-order valence-corrected chi connectivity index (χ4v) is 4.93. The average Bonchev–Trinajstić information content (AvgIpc) is 3.47. The van der Waals surface area contributed by atoms with Gasteiger partial charge in [0.15, 0.2) is 5.82 Å². The van der Waals surface area contributed by atoms with Crippen molar-refractivity contribution < 1.29 is 23.6 Å². The molecule has 9 heteroatoms. The molecule has 9 nitrogen and oxygen atoms in total. The van der Waals surface area contributed by atoms with Gasteiger partial charge in [0.1, 0.15) is 11.4 Å². The standard InChI is InChI=1S/C20H26N4O5/c1-13-11-15(22-29-13)24-12-20-4-3-14(28-20)16(17(20)19(24)26)18(25)21-5-2-6-23-7-9-27-10-8-23/h3-4,11,14,16-17H,2,5-10,12H2,1H3,(H,21,25)/t14-,16?,17?,20?/m1/s1. The number of aryl methyl sites for hydroxylation is 1. The second kappa shape index (κ2) is 7.23. The number of carbonyl (C=O) groups excluding carboxylic acids is 2. The Morgan fingerprint density at radius 3 is 2.97 bits per heavy atom. The summed E-state index contributed by atoms with van der Waals surface area (Å²) in [6, 6.07) is 1.73. The molecule has 1 spiro atoms. The first-order chi connectivity index (χ1) is 14.1. The maximum absolute atomic E-state index is 13.2. The fourth-order valence-electron chi connectivity index (χ4n) is 4.93. The van der Waals surface area contributed by atoms with Crippen molar-refractivity contribution in [2.45, 2.75) is 25.0 Å². The van der Waals surface area contributed by atoms with Crippen LogP contribution in [-0.4, -0.2) is 79.5 Å². The van der Waals surface area contributed by atoms with Crippen molar-refractivity contribution in [2.75, 3.05) is 50.8 Å². The van der Waals surface area contributed by atoms with Gasteiger partial charge in [0.25, 0.3) is 0 Å². The third-order valence-corrected chi connectivity index (χ3v) is 6.35. The predicted octanol–water partition coefficient (Wildman–Crippen LogP) is 0.108. The number of nitrogens with one attached hydrogen (secondary N) is 1. The second-order valence-electron chi connectivity index (χ2n) is 8.22. The fraction of sp³-hybridized carbons (Fsp3) is 0.650. The van der Waals surface area contributed by atoms with E-state index in [0.717, 1.165) is 39.3 Å². The van der Waals surface area contributed by atoms with Crippen LogP contribution in [0, 0.1) is 18.8 Å². The average molecular weight is 402 g/mol. The number of fused-ring (bicyclic) bond motifs is 1. The molecule has 1 aromatic rings. The molecule has 0 aromatic carbocycles. The molecule has 1 aromatic heterocycles. The lowest BCUT2D eigenvalue weighted by molar-refractivity contribution is -0.131. The summed E-state index contributed by atoms with van der Waals surface area (Å²) in [7, 11) is 0. The van der Waals surface area contributed by atoms with Gasteiger partial charge in [-0.1, -0.05) is 17.3 Å². The molecule has 5 rings (SSSR count). The van der Waals surface area contributed by atoms with Crippen LogP contribution in [0.1, 0.15) is 12.2 Å². The molecule has 29 heavy (non-hydrogen) atoms. The zero-order valence-electron chi connectivity index (χ0n) is 16.5. The van der Waals surface area contributed by atoms with Crippen molar-refractivity contribution in [3.05, 3.63) is 24.0 Å². The van der Waals surface area contributed by atoms with Crippen LogP contribution in [-0.2, 0) is 19.1 Å².